The molecule has 20 heavy (non-hydrogen) atoms. The number of hydrogen-bond donors (Lipinski definition) is 2. The van der Waals surface area contributed by atoms with Gasteiger partial charge in [0, 0.05) is 11.6 Å². The summed E-state index contributed by atoms with van der Waals surface area (Å²) in [5.74, 6) is -0.318. The molecule has 0 radical (unpaired) electrons. The van der Waals surface area contributed by atoms with Crippen molar-refractivity contribution in [3.63, 3.8) is 0 Å². The van der Waals surface area contributed by atoms with Gasteiger partial charge < -0.3 is 11.1 Å². The molecule has 3 N–H and O–H groups in total. The van der Waals surface area contributed by atoms with Crippen molar-refractivity contribution >= 4 is 34.2 Å². The van der Waals surface area contributed by atoms with Gasteiger partial charge in [-0.3, -0.25) is 4.79 Å². The van der Waals surface area contributed by atoms with Gasteiger partial charge >= 0.3 is 0 Å². The number of benzene rings is 1. The van der Waals surface area contributed by atoms with E-state index in [9.17, 15) is 9.18 Å². The first-order valence-electron chi connectivity index (χ1n) is 6.58. The van der Waals surface area contributed by atoms with E-state index in [2.05, 4.69) is 21.2 Å². The first-order chi connectivity index (χ1) is 9.11. The lowest BCUT2D eigenvalue weighted by Gasteiger charge is -2.31. The number of halogens is 3. The fourth-order valence-electron chi connectivity index (χ4n) is 2.57. The van der Waals surface area contributed by atoms with Crippen molar-refractivity contribution in [1.29, 1.82) is 0 Å². The van der Waals surface area contributed by atoms with E-state index in [0.717, 1.165) is 19.3 Å². The molecule has 3 nitrogen and oxygen atoms in total. The molecule has 0 heterocycles. The summed E-state index contributed by atoms with van der Waals surface area (Å²) in [5.41, 5.74) is 6.08. The first kappa shape index (κ1) is 17.4. The van der Waals surface area contributed by atoms with Crippen LogP contribution in [0.1, 0.15) is 36.0 Å². The maximum absolute atomic E-state index is 13.4. The van der Waals surface area contributed by atoms with Gasteiger partial charge in [0.15, 0.2) is 0 Å². The lowest BCUT2D eigenvalue weighted by Crippen LogP contribution is -2.44. The van der Waals surface area contributed by atoms with E-state index in [1.54, 1.807) is 12.1 Å². The molecule has 112 valence electrons. The van der Waals surface area contributed by atoms with Crippen LogP contribution in [0.25, 0.3) is 0 Å². The van der Waals surface area contributed by atoms with Gasteiger partial charge in [-0.2, -0.15) is 0 Å². The Hall–Kier alpha value is -0.650. The Kier molecular flexibility index (Phi) is 6.92. The highest BCUT2D eigenvalue weighted by Gasteiger charge is 2.25. The third kappa shape index (κ3) is 4.17. The average molecular weight is 366 g/mol. The number of hydrogen-bond acceptors (Lipinski definition) is 2. The van der Waals surface area contributed by atoms with E-state index >= 15 is 0 Å². The highest BCUT2D eigenvalue weighted by atomic mass is 79.9. The summed E-state index contributed by atoms with van der Waals surface area (Å²) in [7, 11) is 0. The van der Waals surface area contributed by atoms with Crippen LogP contribution in [0.2, 0.25) is 0 Å². The zero-order valence-electron chi connectivity index (χ0n) is 11.1. The van der Waals surface area contributed by atoms with Crippen molar-refractivity contribution in [2.24, 2.45) is 11.7 Å². The monoisotopic (exact) mass is 364 g/mol. The van der Waals surface area contributed by atoms with Gasteiger partial charge in [-0.05, 0) is 59.4 Å². The van der Waals surface area contributed by atoms with Crippen molar-refractivity contribution in [3.05, 3.63) is 34.1 Å². The van der Waals surface area contributed by atoms with E-state index in [4.69, 9.17) is 5.73 Å². The molecule has 1 aromatic carbocycles. The molecule has 2 atom stereocenters. The Labute approximate surface area is 133 Å². The molecule has 0 aromatic heterocycles. The third-order valence-corrected chi connectivity index (χ3v) is 4.35. The topological polar surface area (TPSA) is 55.1 Å². The third-order valence-electron chi connectivity index (χ3n) is 3.71. The Bertz CT molecular complexity index is 472. The first-order valence-corrected chi connectivity index (χ1v) is 7.37. The average Bonchev–Trinajstić information content (AvgIpc) is 2.42. The van der Waals surface area contributed by atoms with Gasteiger partial charge in [-0.1, -0.05) is 12.8 Å². The number of amides is 1. The summed E-state index contributed by atoms with van der Waals surface area (Å²) in [4.78, 5) is 12.1. The van der Waals surface area contributed by atoms with Crippen molar-refractivity contribution in [2.45, 2.75) is 31.7 Å². The molecule has 1 aliphatic carbocycles. The Morgan fingerprint density at radius 3 is 2.75 bits per heavy atom. The van der Waals surface area contributed by atoms with Crippen molar-refractivity contribution < 1.29 is 9.18 Å². The van der Waals surface area contributed by atoms with Crippen molar-refractivity contribution in [1.82, 2.24) is 5.32 Å². The molecule has 6 heteroatoms. The van der Waals surface area contributed by atoms with Crippen molar-refractivity contribution in [2.75, 3.05) is 6.54 Å². The molecule has 0 saturated heterocycles. The van der Waals surface area contributed by atoms with Gasteiger partial charge in [-0.15, -0.1) is 12.4 Å². The van der Waals surface area contributed by atoms with Gasteiger partial charge in [-0.25, -0.2) is 4.39 Å². The van der Waals surface area contributed by atoms with E-state index in [1.807, 2.05) is 0 Å². The number of carbonyl (C=O) groups is 1. The minimum atomic E-state index is -0.424. The summed E-state index contributed by atoms with van der Waals surface area (Å²) < 4.78 is 13.8. The zero-order chi connectivity index (χ0) is 13.8. The smallest absolute Gasteiger partial charge is 0.251 e. The molecule has 0 bridgehead atoms. The number of nitrogens with two attached hydrogens (primary N) is 1. The molecule has 1 aliphatic rings. The predicted molar refractivity (Wildman–Crippen MR) is 83.6 cm³/mol. The highest BCUT2D eigenvalue weighted by Crippen LogP contribution is 2.24. The molecule has 2 rings (SSSR count). The van der Waals surface area contributed by atoms with Gasteiger partial charge in [0.2, 0.25) is 0 Å². The molecule has 1 fully saturated rings. The SMILES string of the molecule is Cl.NCC1CCCCC1NC(=O)c1ccc(Br)c(F)c1. The Balaban J connectivity index is 0.00000200. The van der Waals surface area contributed by atoms with Crippen LogP contribution >= 0.6 is 28.3 Å². The number of nitrogens with one attached hydrogen (secondary N) is 1. The summed E-state index contributed by atoms with van der Waals surface area (Å²) in [6.07, 6.45) is 4.28. The van der Waals surface area contributed by atoms with Gasteiger partial charge in [0.05, 0.1) is 4.47 Å². The van der Waals surface area contributed by atoms with Crippen LogP contribution in [-0.4, -0.2) is 18.5 Å². The number of rotatable bonds is 3. The minimum absolute atomic E-state index is 0. The summed E-state index contributed by atoms with van der Waals surface area (Å²) in [5, 5.41) is 2.98. The van der Waals surface area contributed by atoms with Crippen LogP contribution in [0.15, 0.2) is 22.7 Å². The minimum Gasteiger partial charge on any atom is -0.349 e. The van der Waals surface area contributed by atoms with Gasteiger partial charge in [0.1, 0.15) is 5.82 Å². The maximum atomic E-state index is 13.4. The van der Waals surface area contributed by atoms with Crippen LogP contribution in [0.4, 0.5) is 4.39 Å². The molecule has 1 amide bonds. The second-order valence-electron chi connectivity index (χ2n) is 4.99. The number of carbonyl (C=O) groups excluding carboxylic acids is 1. The molecule has 0 aliphatic heterocycles. The summed E-state index contributed by atoms with van der Waals surface area (Å²) in [6, 6.07) is 4.52. The molecule has 1 aromatic rings. The Morgan fingerprint density at radius 1 is 1.40 bits per heavy atom. The standard InChI is InChI=1S/C14H18BrFN2O.ClH/c15-11-6-5-9(7-12(11)16)14(19)18-13-4-2-1-3-10(13)8-17;/h5-7,10,13H,1-4,8,17H2,(H,18,19);1H. The van der Waals surface area contributed by atoms with Gasteiger partial charge in [0.25, 0.3) is 5.91 Å². The normalized spacial score (nSPS) is 21.9. The molecule has 1 saturated carbocycles. The second kappa shape index (κ2) is 7.96. The van der Waals surface area contributed by atoms with Crippen LogP contribution in [-0.2, 0) is 0 Å². The lowest BCUT2D eigenvalue weighted by molar-refractivity contribution is 0.0907. The highest BCUT2D eigenvalue weighted by molar-refractivity contribution is 9.10. The second-order valence-corrected chi connectivity index (χ2v) is 5.84. The van der Waals surface area contributed by atoms with Crippen molar-refractivity contribution in [3.8, 4) is 0 Å². The van der Waals surface area contributed by atoms with Crippen LogP contribution < -0.4 is 11.1 Å². The fourth-order valence-corrected chi connectivity index (χ4v) is 2.82. The fraction of sp³-hybridized carbons (Fsp3) is 0.500. The predicted octanol–water partition coefficient (Wildman–Crippen LogP) is 3.26. The summed E-state index contributed by atoms with van der Waals surface area (Å²) >= 11 is 3.07. The van der Waals surface area contributed by atoms with Crippen LogP contribution in [0.5, 0.6) is 0 Å². The van der Waals surface area contributed by atoms with E-state index < -0.39 is 5.82 Å². The molecular weight excluding hydrogens is 347 g/mol. The molecule has 0 spiro atoms. The largest absolute Gasteiger partial charge is 0.349 e. The zero-order valence-corrected chi connectivity index (χ0v) is 13.5. The Morgan fingerprint density at radius 2 is 2.10 bits per heavy atom. The quantitative estimate of drug-likeness (QED) is 0.864. The summed E-state index contributed by atoms with van der Waals surface area (Å²) in [6.45, 7) is 0.583. The molecule has 2 unspecified atom stereocenters. The van der Waals surface area contributed by atoms with Crippen LogP contribution in [0.3, 0.4) is 0 Å². The van der Waals surface area contributed by atoms with E-state index in [-0.39, 0.29) is 24.4 Å². The lowest BCUT2D eigenvalue weighted by atomic mass is 9.84. The van der Waals surface area contributed by atoms with Crippen LogP contribution in [0, 0.1) is 11.7 Å². The molecular formula is C14H19BrClFN2O. The van der Waals surface area contributed by atoms with E-state index in [0.29, 0.717) is 22.5 Å². The maximum Gasteiger partial charge on any atom is 0.251 e. The van der Waals surface area contributed by atoms with E-state index in [1.165, 1.54) is 12.5 Å².